The van der Waals surface area contributed by atoms with Gasteiger partial charge in [0.15, 0.2) is 5.43 Å². The molecule has 0 atom stereocenters. The zero-order valence-electron chi connectivity index (χ0n) is 9.11. The number of fused-ring (bicyclic) bond motifs is 2. The Balaban J connectivity index is 2.67. The molecule has 0 aliphatic rings. The van der Waals surface area contributed by atoms with Crippen LogP contribution >= 0.6 is 22.9 Å². The van der Waals surface area contributed by atoms with E-state index < -0.39 is 0 Å². The van der Waals surface area contributed by atoms with Crippen LogP contribution in [0.5, 0.6) is 0 Å². The minimum Gasteiger partial charge on any atom is -0.288 e. The molecule has 0 amide bonds. The maximum absolute atomic E-state index is 12.4. The van der Waals surface area contributed by atoms with Crippen molar-refractivity contribution in [2.45, 2.75) is 0 Å². The normalized spacial score (nSPS) is 10.7. The van der Waals surface area contributed by atoms with Crippen LogP contribution in [-0.4, -0.2) is 0 Å². The van der Waals surface area contributed by atoms with Gasteiger partial charge in [-0.2, -0.15) is 5.26 Å². The lowest BCUT2D eigenvalue weighted by atomic mass is 10.1. The molecule has 0 bridgehead atoms. The van der Waals surface area contributed by atoms with Crippen LogP contribution in [0.15, 0.2) is 41.2 Å². The molecule has 0 aliphatic carbocycles. The van der Waals surface area contributed by atoms with Crippen molar-refractivity contribution in [3.05, 3.63) is 57.2 Å². The van der Waals surface area contributed by atoms with E-state index in [0.717, 1.165) is 9.40 Å². The average Bonchev–Trinajstić information content (AvgIpc) is 2.40. The van der Waals surface area contributed by atoms with Crippen LogP contribution < -0.4 is 5.43 Å². The molecule has 3 aromatic rings. The third kappa shape index (κ3) is 1.51. The Morgan fingerprint density at radius 3 is 2.67 bits per heavy atom. The van der Waals surface area contributed by atoms with E-state index in [1.807, 2.05) is 24.3 Å². The first-order valence-corrected chi connectivity index (χ1v) is 6.46. The number of nitrogens with zero attached hydrogens (tertiary/aromatic N) is 1. The van der Waals surface area contributed by atoms with Gasteiger partial charge in [-0.3, -0.25) is 4.79 Å². The lowest BCUT2D eigenvalue weighted by molar-refractivity contribution is 1.50. The molecule has 4 heteroatoms. The van der Waals surface area contributed by atoms with Crippen LogP contribution in [0, 0.1) is 11.3 Å². The summed E-state index contributed by atoms with van der Waals surface area (Å²) in [5.74, 6) is 0. The highest BCUT2D eigenvalue weighted by atomic mass is 35.5. The molecule has 0 N–H and O–H groups in total. The third-order valence-electron chi connectivity index (χ3n) is 2.81. The predicted octanol–water partition coefficient (Wildman–Crippen LogP) is 3.94. The molecule has 0 fully saturated rings. The zero-order chi connectivity index (χ0) is 12.7. The summed E-state index contributed by atoms with van der Waals surface area (Å²) in [6.07, 6.45) is 0. The average molecular weight is 272 g/mol. The van der Waals surface area contributed by atoms with Crippen molar-refractivity contribution in [1.29, 1.82) is 5.26 Å². The molecule has 2 nitrogen and oxygen atoms in total. The summed E-state index contributed by atoms with van der Waals surface area (Å²) >= 11 is 7.46. The van der Waals surface area contributed by atoms with Gasteiger partial charge in [-0.1, -0.05) is 23.7 Å². The van der Waals surface area contributed by atoms with E-state index in [1.165, 1.54) is 11.3 Å². The molecule has 0 spiro atoms. The van der Waals surface area contributed by atoms with E-state index >= 15 is 0 Å². The molecule has 0 unspecified atom stereocenters. The molecule has 2 aromatic carbocycles. The molecule has 3 rings (SSSR count). The Kier molecular flexibility index (Phi) is 2.55. The van der Waals surface area contributed by atoms with Gasteiger partial charge >= 0.3 is 0 Å². The van der Waals surface area contributed by atoms with Crippen molar-refractivity contribution in [2.24, 2.45) is 0 Å². The number of nitriles is 1. The minimum absolute atomic E-state index is 0.126. The maximum atomic E-state index is 12.4. The molecule has 0 radical (unpaired) electrons. The van der Waals surface area contributed by atoms with E-state index in [4.69, 9.17) is 16.9 Å². The van der Waals surface area contributed by atoms with Crippen LogP contribution in [0.1, 0.15) is 5.56 Å². The van der Waals surface area contributed by atoms with Gasteiger partial charge in [-0.15, -0.1) is 11.3 Å². The SMILES string of the molecule is N#Cc1c(Cl)ccc2sc3ccccc3c(=O)c12. The fourth-order valence-electron chi connectivity index (χ4n) is 1.97. The molecule has 0 saturated heterocycles. The number of hydrogen-bond donors (Lipinski definition) is 0. The number of rotatable bonds is 0. The quantitative estimate of drug-likeness (QED) is 0.581. The van der Waals surface area contributed by atoms with Gasteiger partial charge in [0.25, 0.3) is 0 Å². The van der Waals surface area contributed by atoms with Crippen LogP contribution in [0.4, 0.5) is 0 Å². The molecule has 0 saturated carbocycles. The highest BCUT2D eigenvalue weighted by molar-refractivity contribution is 7.24. The van der Waals surface area contributed by atoms with Gasteiger partial charge in [-0.05, 0) is 24.3 Å². The molecule has 0 aliphatic heterocycles. The van der Waals surface area contributed by atoms with E-state index in [-0.39, 0.29) is 11.0 Å². The van der Waals surface area contributed by atoms with E-state index in [2.05, 4.69) is 0 Å². The van der Waals surface area contributed by atoms with Crippen LogP contribution in [-0.2, 0) is 0 Å². The second-order valence-electron chi connectivity index (χ2n) is 3.83. The summed E-state index contributed by atoms with van der Waals surface area (Å²) < 4.78 is 1.71. The van der Waals surface area contributed by atoms with Crippen molar-refractivity contribution < 1.29 is 0 Å². The lowest BCUT2D eigenvalue weighted by Crippen LogP contribution is -2.03. The van der Waals surface area contributed by atoms with Gasteiger partial charge in [0, 0.05) is 14.8 Å². The predicted molar refractivity (Wildman–Crippen MR) is 75.3 cm³/mol. The number of hydrogen-bond acceptors (Lipinski definition) is 3. The van der Waals surface area contributed by atoms with Crippen LogP contribution in [0.2, 0.25) is 5.02 Å². The second kappa shape index (κ2) is 4.09. The fraction of sp³-hybridized carbons (Fsp3) is 0. The Morgan fingerprint density at radius 2 is 1.89 bits per heavy atom. The first kappa shape index (κ1) is 11.2. The number of benzene rings is 2. The summed E-state index contributed by atoms with van der Waals surface area (Å²) in [7, 11) is 0. The second-order valence-corrected chi connectivity index (χ2v) is 5.33. The Labute approximate surface area is 112 Å². The van der Waals surface area contributed by atoms with Gasteiger partial charge in [-0.25, -0.2) is 0 Å². The summed E-state index contributed by atoms with van der Waals surface area (Å²) in [6.45, 7) is 0. The minimum atomic E-state index is -0.126. The van der Waals surface area contributed by atoms with Crippen molar-refractivity contribution in [3.8, 4) is 6.07 Å². The molecule has 18 heavy (non-hydrogen) atoms. The zero-order valence-corrected chi connectivity index (χ0v) is 10.7. The monoisotopic (exact) mass is 271 g/mol. The molecular formula is C14H6ClNOS. The molecule has 86 valence electrons. The van der Waals surface area contributed by atoms with E-state index in [0.29, 0.717) is 15.8 Å². The topological polar surface area (TPSA) is 40.9 Å². The fourth-order valence-corrected chi connectivity index (χ4v) is 3.26. The summed E-state index contributed by atoms with van der Waals surface area (Å²) in [5.41, 5.74) is 0.138. The maximum Gasteiger partial charge on any atom is 0.197 e. The van der Waals surface area contributed by atoms with Crippen LogP contribution in [0.25, 0.3) is 20.2 Å². The van der Waals surface area contributed by atoms with Gasteiger partial charge < -0.3 is 0 Å². The first-order chi connectivity index (χ1) is 8.72. The molecule has 1 heterocycles. The van der Waals surface area contributed by atoms with Gasteiger partial charge in [0.05, 0.1) is 16.0 Å². The van der Waals surface area contributed by atoms with Gasteiger partial charge in [0.2, 0.25) is 0 Å². The van der Waals surface area contributed by atoms with Crippen LogP contribution in [0.3, 0.4) is 0 Å². The Hall–Kier alpha value is -1.89. The largest absolute Gasteiger partial charge is 0.288 e. The summed E-state index contributed by atoms with van der Waals surface area (Å²) in [5, 5.41) is 10.5. The smallest absolute Gasteiger partial charge is 0.197 e. The summed E-state index contributed by atoms with van der Waals surface area (Å²) in [4.78, 5) is 12.4. The highest BCUT2D eigenvalue weighted by Gasteiger charge is 2.12. The summed E-state index contributed by atoms with van der Waals surface area (Å²) in [6, 6.07) is 12.9. The third-order valence-corrected chi connectivity index (χ3v) is 4.26. The van der Waals surface area contributed by atoms with Gasteiger partial charge in [0.1, 0.15) is 6.07 Å². The van der Waals surface area contributed by atoms with E-state index in [9.17, 15) is 4.79 Å². The van der Waals surface area contributed by atoms with Crippen molar-refractivity contribution >= 4 is 43.1 Å². The molecule has 1 aromatic heterocycles. The van der Waals surface area contributed by atoms with Crippen molar-refractivity contribution in [2.75, 3.05) is 0 Å². The molecular weight excluding hydrogens is 266 g/mol. The number of halogens is 1. The Morgan fingerprint density at radius 1 is 1.11 bits per heavy atom. The first-order valence-electron chi connectivity index (χ1n) is 5.26. The highest BCUT2D eigenvalue weighted by Crippen LogP contribution is 2.29. The van der Waals surface area contributed by atoms with Crippen molar-refractivity contribution in [1.82, 2.24) is 0 Å². The lowest BCUT2D eigenvalue weighted by Gasteiger charge is -2.03. The van der Waals surface area contributed by atoms with E-state index in [1.54, 1.807) is 18.2 Å². The van der Waals surface area contributed by atoms with Crippen molar-refractivity contribution in [3.63, 3.8) is 0 Å². The standard InChI is InChI=1S/C14H6ClNOS/c15-10-5-6-12-13(9(10)7-16)14(17)8-3-1-2-4-11(8)18-12/h1-6H. The Bertz CT molecular complexity index is 876.